The smallest absolute Gasteiger partial charge is 0.254 e. The quantitative estimate of drug-likeness (QED) is 0.733. The number of ether oxygens (including phenoxy) is 3. The predicted molar refractivity (Wildman–Crippen MR) is 116 cm³/mol. The highest BCUT2D eigenvalue weighted by molar-refractivity contribution is 5.95. The third-order valence-electron chi connectivity index (χ3n) is 6.01. The van der Waals surface area contributed by atoms with E-state index in [0.717, 1.165) is 18.5 Å². The Morgan fingerprint density at radius 3 is 2.84 bits per heavy atom. The molecule has 1 N–H and O–H groups in total. The van der Waals surface area contributed by atoms with Crippen LogP contribution in [0.25, 0.3) is 0 Å². The first kappa shape index (κ1) is 21.5. The van der Waals surface area contributed by atoms with Gasteiger partial charge in [-0.2, -0.15) is 0 Å². The second kappa shape index (κ2) is 9.58. The molecule has 2 aliphatic heterocycles. The van der Waals surface area contributed by atoms with E-state index in [2.05, 4.69) is 18.7 Å². The third kappa shape index (κ3) is 4.94. The Kier molecular flexibility index (Phi) is 6.63. The van der Waals surface area contributed by atoms with E-state index in [1.165, 1.54) is 0 Å². The topological polar surface area (TPSA) is 71.5 Å². The number of benzene rings is 2. The lowest BCUT2D eigenvalue weighted by atomic mass is 10.1. The fourth-order valence-corrected chi connectivity index (χ4v) is 4.02. The number of para-hydroxylation sites is 1. The molecule has 0 aliphatic carbocycles. The monoisotopic (exact) mass is 426 g/mol. The number of phenols is 1. The molecule has 2 aromatic carbocycles. The first-order valence-corrected chi connectivity index (χ1v) is 10.9. The molecule has 2 aromatic rings. The molecule has 2 atom stereocenters. The molecule has 7 heteroatoms. The minimum absolute atomic E-state index is 0.0333. The molecule has 0 radical (unpaired) electrons. The zero-order chi connectivity index (χ0) is 21.8. The second-order valence-corrected chi connectivity index (χ2v) is 8.14. The molecule has 2 heterocycles. The Balaban J connectivity index is 1.44. The summed E-state index contributed by atoms with van der Waals surface area (Å²) in [4.78, 5) is 17.5. The van der Waals surface area contributed by atoms with Gasteiger partial charge < -0.3 is 24.2 Å². The van der Waals surface area contributed by atoms with E-state index in [-0.39, 0.29) is 24.8 Å². The van der Waals surface area contributed by atoms with Crippen molar-refractivity contribution in [2.45, 2.75) is 39.0 Å². The van der Waals surface area contributed by atoms with Gasteiger partial charge in [0.1, 0.15) is 5.75 Å². The van der Waals surface area contributed by atoms with Crippen molar-refractivity contribution in [2.75, 3.05) is 33.0 Å². The zero-order valence-corrected chi connectivity index (χ0v) is 18.1. The van der Waals surface area contributed by atoms with Crippen LogP contribution < -0.4 is 9.47 Å². The molecule has 1 fully saturated rings. The van der Waals surface area contributed by atoms with E-state index in [1.807, 2.05) is 23.1 Å². The van der Waals surface area contributed by atoms with Crippen molar-refractivity contribution in [3.63, 3.8) is 0 Å². The molecule has 1 saturated heterocycles. The highest BCUT2D eigenvalue weighted by atomic mass is 16.7. The maximum atomic E-state index is 13.4. The molecule has 0 bridgehead atoms. The zero-order valence-electron chi connectivity index (χ0n) is 18.1. The maximum Gasteiger partial charge on any atom is 0.254 e. The number of hydrogen-bond donors (Lipinski definition) is 1. The molecular weight excluding hydrogens is 396 g/mol. The van der Waals surface area contributed by atoms with Crippen molar-refractivity contribution >= 4 is 5.91 Å². The highest BCUT2D eigenvalue weighted by Gasteiger charge is 2.29. The van der Waals surface area contributed by atoms with Crippen molar-refractivity contribution in [2.24, 2.45) is 0 Å². The van der Waals surface area contributed by atoms with Crippen molar-refractivity contribution in [3.8, 4) is 17.2 Å². The van der Waals surface area contributed by atoms with Crippen LogP contribution in [0.1, 0.15) is 36.2 Å². The van der Waals surface area contributed by atoms with Crippen LogP contribution in [0.2, 0.25) is 0 Å². The lowest BCUT2D eigenvalue weighted by Gasteiger charge is -2.37. The molecule has 2 unspecified atom stereocenters. The maximum absolute atomic E-state index is 13.4. The summed E-state index contributed by atoms with van der Waals surface area (Å²) in [6, 6.07) is 12.8. The van der Waals surface area contributed by atoms with Gasteiger partial charge >= 0.3 is 0 Å². The number of morpholine rings is 1. The van der Waals surface area contributed by atoms with Gasteiger partial charge in [0.2, 0.25) is 6.79 Å². The standard InChI is InChI=1S/C24H30N2O5/c1-3-17(2)26(24(28)18-8-9-22-23(12-18)31-16-30-22)15-20-14-25(10-11-29-20)13-19-6-4-5-7-21(19)27/h4-9,12,17,20,27H,3,10-11,13-16H2,1-2H3. The Morgan fingerprint density at radius 1 is 1.23 bits per heavy atom. The van der Waals surface area contributed by atoms with Gasteiger partial charge in [-0.3, -0.25) is 9.69 Å². The normalized spacial score (nSPS) is 19.2. The molecule has 7 nitrogen and oxygen atoms in total. The molecule has 0 aromatic heterocycles. The van der Waals surface area contributed by atoms with Gasteiger partial charge in [-0.05, 0) is 37.6 Å². The summed E-state index contributed by atoms with van der Waals surface area (Å²) in [5.41, 5.74) is 1.49. The fraction of sp³-hybridized carbons (Fsp3) is 0.458. The van der Waals surface area contributed by atoms with Gasteiger partial charge in [-0.15, -0.1) is 0 Å². The molecule has 4 rings (SSSR count). The van der Waals surface area contributed by atoms with Gasteiger partial charge in [-0.25, -0.2) is 0 Å². The first-order valence-electron chi connectivity index (χ1n) is 10.9. The van der Waals surface area contributed by atoms with Crippen LogP contribution in [0.4, 0.5) is 0 Å². The van der Waals surface area contributed by atoms with Gasteiger partial charge in [0.25, 0.3) is 5.91 Å². The summed E-state index contributed by atoms with van der Waals surface area (Å²) in [5, 5.41) is 10.1. The number of aromatic hydroxyl groups is 1. The minimum Gasteiger partial charge on any atom is -0.508 e. The van der Waals surface area contributed by atoms with Gasteiger partial charge in [0, 0.05) is 43.3 Å². The Hall–Kier alpha value is -2.77. The van der Waals surface area contributed by atoms with Crippen molar-refractivity contribution < 1.29 is 24.1 Å². The number of nitrogens with zero attached hydrogens (tertiary/aromatic N) is 2. The van der Waals surface area contributed by atoms with Crippen LogP contribution in [0.15, 0.2) is 42.5 Å². The summed E-state index contributed by atoms with van der Waals surface area (Å²) in [6.45, 7) is 7.60. The van der Waals surface area contributed by atoms with Crippen molar-refractivity contribution in [3.05, 3.63) is 53.6 Å². The number of carbonyl (C=O) groups is 1. The highest BCUT2D eigenvalue weighted by Crippen LogP contribution is 2.33. The average Bonchev–Trinajstić information content (AvgIpc) is 3.26. The minimum atomic E-state index is -0.0911. The van der Waals surface area contributed by atoms with E-state index in [4.69, 9.17) is 14.2 Å². The lowest BCUT2D eigenvalue weighted by Crippen LogP contribution is -2.50. The van der Waals surface area contributed by atoms with E-state index < -0.39 is 0 Å². The SMILES string of the molecule is CCC(C)N(CC1CN(Cc2ccccc2O)CCO1)C(=O)c1ccc2c(c1)OCO2. The fourth-order valence-electron chi connectivity index (χ4n) is 4.02. The summed E-state index contributed by atoms with van der Waals surface area (Å²) in [6.07, 6.45) is 0.761. The van der Waals surface area contributed by atoms with Gasteiger partial charge in [0.05, 0.1) is 12.7 Å². The molecule has 0 saturated carbocycles. The molecule has 1 amide bonds. The van der Waals surface area contributed by atoms with Crippen LogP contribution in [0, 0.1) is 0 Å². The Morgan fingerprint density at radius 2 is 2.03 bits per heavy atom. The number of carbonyl (C=O) groups excluding carboxylic acids is 1. The molecule has 31 heavy (non-hydrogen) atoms. The number of amides is 1. The largest absolute Gasteiger partial charge is 0.508 e. The molecule has 0 spiro atoms. The summed E-state index contributed by atoms with van der Waals surface area (Å²) in [7, 11) is 0. The number of phenolic OH excluding ortho intramolecular Hbond substituents is 1. The van der Waals surface area contributed by atoms with Crippen LogP contribution in [0.3, 0.4) is 0 Å². The van der Waals surface area contributed by atoms with E-state index in [1.54, 1.807) is 24.3 Å². The van der Waals surface area contributed by atoms with Crippen molar-refractivity contribution in [1.82, 2.24) is 9.80 Å². The summed E-state index contributed by atoms with van der Waals surface area (Å²) >= 11 is 0. The van der Waals surface area contributed by atoms with Crippen LogP contribution in [0.5, 0.6) is 17.2 Å². The lowest BCUT2D eigenvalue weighted by molar-refractivity contribution is -0.0466. The van der Waals surface area contributed by atoms with Gasteiger partial charge in [-0.1, -0.05) is 25.1 Å². The van der Waals surface area contributed by atoms with Crippen LogP contribution >= 0.6 is 0 Å². The number of hydrogen-bond acceptors (Lipinski definition) is 6. The molecule has 166 valence electrons. The molecule has 2 aliphatic rings. The Labute approximate surface area is 183 Å². The van der Waals surface area contributed by atoms with Crippen LogP contribution in [-0.2, 0) is 11.3 Å². The van der Waals surface area contributed by atoms with E-state index in [0.29, 0.717) is 49.1 Å². The number of rotatable bonds is 7. The first-order chi connectivity index (χ1) is 15.0. The summed E-state index contributed by atoms with van der Waals surface area (Å²) < 4.78 is 16.8. The number of fused-ring (bicyclic) bond motifs is 1. The van der Waals surface area contributed by atoms with E-state index >= 15 is 0 Å². The molecular formula is C24H30N2O5. The van der Waals surface area contributed by atoms with E-state index in [9.17, 15) is 9.90 Å². The Bertz CT molecular complexity index is 919. The van der Waals surface area contributed by atoms with Crippen LogP contribution in [-0.4, -0.2) is 66.0 Å². The second-order valence-electron chi connectivity index (χ2n) is 8.14. The summed E-state index contributed by atoms with van der Waals surface area (Å²) in [5.74, 6) is 1.55. The average molecular weight is 427 g/mol. The predicted octanol–water partition coefficient (Wildman–Crippen LogP) is 3.26. The third-order valence-corrected chi connectivity index (χ3v) is 6.01. The van der Waals surface area contributed by atoms with Gasteiger partial charge in [0.15, 0.2) is 11.5 Å². The van der Waals surface area contributed by atoms with Crippen molar-refractivity contribution in [1.29, 1.82) is 0 Å².